The van der Waals surface area contributed by atoms with E-state index in [9.17, 15) is 0 Å². The van der Waals surface area contributed by atoms with Gasteiger partial charge in [-0.1, -0.05) is 55.0 Å². The number of aliphatic imine (C=N–C) groups is 1. The summed E-state index contributed by atoms with van der Waals surface area (Å²) in [6, 6.07) is 19.0. The standard InChI is InChI=1S/C21H25N3O/c22-20(24-18-11-14-25-19-10-5-4-9-17(18)19)23-15-21(12-6-13-21)16-7-2-1-3-8-16/h1-5,7-10,18H,6,11-15H2,(H3,22,23,24). The molecule has 0 aromatic heterocycles. The zero-order valence-corrected chi connectivity index (χ0v) is 14.4. The van der Waals surface area contributed by atoms with E-state index in [2.05, 4.69) is 41.7 Å². The topological polar surface area (TPSA) is 59.6 Å². The maximum absolute atomic E-state index is 6.22. The largest absolute Gasteiger partial charge is 0.493 e. The molecule has 1 aliphatic carbocycles. The summed E-state index contributed by atoms with van der Waals surface area (Å²) in [6.45, 7) is 1.45. The number of nitrogens with one attached hydrogen (secondary N) is 1. The minimum Gasteiger partial charge on any atom is -0.493 e. The molecule has 2 aliphatic rings. The van der Waals surface area contributed by atoms with Gasteiger partial charge in [-0.2, -0.15) is 0 Å². The average molecular weight is 335 g/mol. The van der Waals surface area contributed by atoms with E-state index < -0.39 is 0 Å². The monoisotopic (exact) mass is 335 g/mol. The van der Waals surface area contributed by atoms with Gasteiger partial charge in [0.05, 0.1) is 19.2 Å². The summed E-state index contributed by atoms with van der Waals surface area (Å²) >= 11 is 0. The van der Waals surface area contributed by atoms with E-state index in [-0.39, 0.29) is 11.5 Å². The van der Waals surface area contributed by atoms with Crippen molar-refractivity contribution in [2.24, 2.45) is 10.7 Å². The van der Waals surface area contributed by atoms with Crippen molar-refractivity contribution in [2.45, 2.75) is 37.1 Å². The Labute approximate surface area is 149 Å². The fourth-order valence-corrected chi connectivity index (χ4v) is 3.89. The van der Waals surface area contributed by atoms with Crippen molar-refractivity contribution in [3.8, 4) is 5.75 Å². The fourth-order valence-electron chi connectivity index (χ4n) is 3.89. The average Bonchev–Trinajstić information content (AvgIpc) is 2.62. The third-order valence-electron chi connectivity index (χ3n) is 5.53. The minimum atomic E-state index is 0.168. The third kappa shape index (κ3) is 3.21. The molecule has 1 aliphatic heterocycles. The number of guanidine groups is 1. The molecule has 2 aromatic carbocycles. The molecule has 1 atom stereocenters. The maximum Gasteiger partial charge on any atom is 0.189 e. The molecule has 3 N–H and O–H groups in total. The Hall–Kier alpha value is -2.49. The molecule has 2 aromatic rings. The first-order chi connectivity index (χ1) is 12.3. The van der Waals surface area contributed by atoms with E-state index in [1.54, 1.807) is 0 Å². The van der Waals surface area contributed by atoms with E-state index in [1.807, 2.05) is 18.2 Å². The second kappa shape index (κ2) is 6.79. The molecule has 4 rings (SSSR count). The number of nitrogens with two attached hydrogens (primary N) is 1. The lowest BCUT2D eigenvalue weighted by atomic mass is 9.64. The summed E-state index contributed by atoms with van der Waals surface area (Å²) in [6.07, 6.45) is 4.55. The van der Waals surface area contributed by atoms with E-state index in [4.69, 9.17) is 15.5 Å². The molecule has 0 saturated heterocycles. The van der Waals surface area contributed by atoms with Gasteiger partial charge in [0, 0.05) is 17.4 Å². The third-order valence-corrected chi connectivity index (χ3v) is 5.53. The zero-order valence-electron chi connectivity index (χ0n) is 14.4. The fraction of sp³-hybridized carbons (Fsp3) is 0.381. The molecule has 4 heteroatoms. The lowest BCUT2D eigenvalue weighted by molar-refractivity contribution is 0.252. The van der Waals surface area contributed by atoms with Crippen LogP contribution < -0.4 is 15.8 Å². The molecule has 0 radical (unpaired) electrons. The molecule has 1 unspecified atom stereocenters. The smallest absolute Gasteiger partial charge is 0.189 e. The van der Waals surface area contributed by atoms with Crippen LogP contribution in [0.2, 0.25) is 0 Å². The van der Waals surface area contributed by atoms with Crippen LogP contribution in [0.15, 0.2) is 59.6 Å². The van der Waals surface area contributed by atoms with Crippen molar-refractivity contribution in [1.29, 1.82) is 0 Å². The summed E-state index contributed by atoms with van der Waals surface area (Å²) in [5.41, 5.74) is 8.94. The number of hydrogen-bond donors (Lipinski definition) is 2. The zero-order chi connectivity index (χ0) is 17.1. The van der Waals surface area contributed by atoms with E-state index in [0.29, 0.717) is 12.6 Å². The van der Waals surface area contributed by atoms with Crippen LogP contribution in [0.4, 0.5) is 0 Å². The summed E-state index contributed by atoms with van der Waals surface area (Å²) < 4.78 is 5.71. The number of rotatable bonds is 4. The molecule has 0 spiro atoms. The Balaban J connectivity index is 1.46. The van der Waals surface area contributed by atoms with Crippen molar-refractivity contribution in [3.05, 3.63) is 65.7 Å². The number of hydrogen-bond acceptors (Lipinski definition) is 2. The van der Waals surface area contributed by atoms with Gasteiger partial charge >= 0.3 is 0 Å². The molecule has 25 heavy (non-hydrogen) atoms. The number of nitrogens with zero attached hydrogens (tertiary/aromatic N) is 1. The highest BCUT2D eigenvalue weighted by molar-refractivity contribution is 5.78. The van der Waals surface area contributed by atoms with E-state index in [0.717, 1.165) is 24.3 Å². The van der Waals surface area contributed by atoms with Gasteiger partial charge in [0.25, 0.3) is 0 Å². The molecule has 130 valence electrons. The van der Waals surface area contributed by atoms with Gasteiger partial charge in [-0.05, 0) is 24.5 Å². The molecule has 1 saturated carbocycles. The summed E-state index contributed by atoms with van der Waals surface area (Å²) in [7, 11) is 0. The first kappa shape index (κ1) is 16.0. The number of para-hydroxylation sites is 1. The Morgan fingerprint density at radius 3 is 2.64 bits per heavy atom. The van der Waals surface area contributed by atoms with Gasteiger partial charge in [-0.15, -0.1) is 0 Å². The van der Waals surface area contributed by atoms with Crippen molar-refractivity contribution in [2.75, 3.05) is 13.2 Å². The van der Waals surface area contributed by atoms with Gasteiger partial charge in [-0.3, -0.25) is 4.99 Å². The highest BCUT2D eigenvalue weighted by Gasteiger charge is 2.38. The second-order valence-electron chi connectivity index (χ2n) is 7.07. The molecular formula is C21H25N3O. The molecular weight excluding hydrogens is 310 g/mol. The van der Waals surface area contributed by atoms with Crippen LogP contribution in [0.5, 0.6) is 5.75 Å². The van der Waals surface area contributed by atoms with Crippen LogP contribution in [0.25, 0.3) is 0 Å². The minimum absolute atomic E-state index is 0.168. The Bertz CT molecular complexity index is 753. The van der Waals surface area contributed by atoms with Crippen LogP contribution in [0, 0.1) is 0 Å². The molecule has 0 amide bonds. The van der Waals surface area contributed by atoms with Crippen LogP contribution in [-0.2, 0) is 5.41 Å². The number of ether oxygens (including phenoxy) is 1. The van der Waals surface area contributed by atoms with Gasteiger partial charge in [0.2, 0.25) is 0 Å². The molecule has 4 nitrogen and oxygen atoms in total. The lowest BCUT2D eigenvalue weighted by Crippen LogP contribution is -2.41. The number of benzene rings is 2. The van der Waals surface area contributed by atoms with Gasteiger partial charge < -0.3 is 15.8 Å². The Morgan fingerprint density at radius 2 is 1.88 bits per heavy atom. The second-order valence-corrected chi connectivity index (χ2v) is 7.07. The Morgan fingerprint density at radius 1 is 1.12 bits per heavy atom. The number of fused-ring (bicyclic) bond motifs is 1. The predicted octanol–water partition coefficient (Wildman–Crippen LogP) is 3.54. The highest BCUT2D eigenvalue weighted by Crippen LogP contribution is 2.43. The quantitative estimate of drug-likeness (QED) is 0.664. The van der Waals surface area contributed by atoms with E-state index in [1.165, 1.54) is 24.8 Å². The Kier molecular flexibility index (Phi) is 4.35. The highest BCUT2D eigenvalue weighted by atomic mass is 16.5. The molecule has 1 fully saturated rings. The van der Waals surface area contributed by atoms with Crippen molar-refractivity contribution in [3.63, 3.8) is 0 Å². The maximum atomic E-state index is 6.22. The molecule has 1 heterocycles. The van der Waals surface area contributed by atoms with E-state index >= 15 is 0 Å². The van der Waals surface area contributed by atoms with Crippen LogP contribution in [-0.4, -0.2) is 19.1 Å². The summed E-state index contributed by atoms with van der Waals surface area (Å²) in [5.74, 6) is 1.47. The lowest BCUT2D eigenvalue weighted by Gasteiger charge is -2.41. The van der Waals surface area contributed by atoms with Gasteiger partial charge in [-0.25, -0.2) is 0 Å². The summed E-state index contributed by atoms with van der Waals surface area (Å²) in [4.78, 5) is 4.70. The normalized spacial score (nSPS) is 21.6. The van der Waals surface area contributed by atoms with Crippen LogP contribution in [0.1, 0.15) is 42.9 Å². The predicted molar refractivity (Wildman–Crippen MR) is 101 cm³/mol. The van der Waals surface area contributed by atoms with Crippen molar-refractivity contribution < 1.29 is 4.74 Å². The molecule has 0 bridgehead atoms. The van der Waals surface area contributed by atoms with Crippen LogP contribution in [0.3, 0.4) is 0 Å². The van der Waals surface area contributed by atoms with Crippen molar-refractivity contribution >= 4 is 5.96 Å². The SMILES string of the molecule is NC(=NCC1(c2ccccc2)CCC1)NC1CCOc2ccccc21. The van der Waals surface area contributed by atoms with Gasteiger partial charge in [0.15, 0.2) is 5.96 Å². The first-order valence-electron chi connectivity index (χ1n) is 9.11. The summed E-state index contributed by atoms with van der Waals surface area (Å²) in [5, 5.41) is 3.40. The van der Waals surface area contributed by atoms with Gasteiger partial charge in [0.1, 0.15) is 5.75 Å². The first-order valence-corrected chi connectivity index (χ1v) is 9.11. The van der Waals surface area contributed by atoms with Crippen LogP contribution >= 0.6 is 0 Å². The van der Waals surface area contributed by atoms with Crippen molar-refractivity contribution in [1.82, 2.24) is 5.32 Å².